The highest BCUT2D eigenvalue weighted by atomic mass is 16.5. The van der Waals surface area contributed by atoms with Crippen molar-refractivity contribution in [3.05, 3.63) is 89.2 Å². The van der Waals surface area contributed by atoms with Gasteiger partial charge in [0.15, 0.2) is 23.1 Å². The summed E-state index contributed by atoms with van der Waals surface area (Å²) in [7, 11) is 1.60. The first-order valence-electron chi connectivity index (χ1n) is 11.1. The summed E-state index contributed by atoms with van der Waals surface area (Å²) in [5, 5.41) is 0. The van der Waals surface area contributed by atoms with Gasteiger partial charge in [0.25, 0.3) is 0 Å². The number of hydrogen-bond donors (Lipinski definition) is 0. The van der Waals surface area contributed by atoms with Crippen LogP contribution in [0.3, 0.4) is 0 Å². The van der Waals surface area contributed by atoms with Crippen molar-refractivity contribution in [3.63, 3.8) is 0 Å². The van der Waals surface area contributed by atoms with Gasteiger partial charge in [0, 0.05) is 23.5 Å². The van der Waals surface area contributed by atoms with Crippen molar-refractivity contribution in [1.82, 2.24) is 4.98 Å². The van der Waals surface area contributed by atoms with Crippen molar-refractivity contribution in [3.8, 4) is 11.5 Å². The van der Waals surface area contributed by atoms with Gasteiger partial charge in [-0.15, -0.1) is 0 Å². The molecule has 2 aliphatic carbocycles. The van der Waals surface area contributed by atoms with Crippen LogP contribution >= 0.6 is 0 Å². The Kier molecular flexibility index (Phi) is 5.25. The number of benzene rings is 2. The summed E-state index contributed by atoms with van der Waals surface area (Å²) in [5.41, 5.74) is 0.996. The maximum Gasteiger partial charge on any atom is 0.183 e. The molecule has 0 spiro atoms. The van der Waals surface area contributed by atoms with Crippen LogP contribution in [0.15, 0.2) is 67.0 Å². The number of Topliss-reactive ketones (excluding diaryl/α,β-unsaturated/α-hetero) is 2. The SMILES string of the molecule is COc1ccc(C2(Cc3ccccc3)C(=O)c3ccncc3C2=O)cc1OC1CCCC1. The maximum atomic E-state index is 13.8. The van der Waals surface area contributed by atoms with Gasteiger partial charge in [-0.2, -0.15) is 0 Å². The van der Waals surface area contributed by atoms with Gasteiger partial charge in [-0.3, -0.25) is 14.6 Å². The minimum atomic E-state index is -1.35. The molecular formula is C27H25NO4. The van der Waals surface area contributed by atoms with Crippen LogP contribution in [0.5, 0.6) is 11.5 Å². The summed E-state index contributed by atoms with van der Waals surface area (Å²) in [6, 6.07) is 16.7. The molecular weight excluding hydrogens is 402 g/mol. The second kappa shape index (κ2) is 8.23. The van der Waals surface area contributed by atoms with Crippen LogP contribution in [0.4, 0.5) is 0 Å². The van der Waals surface area contributed by atoms with E-state index in [1.165, 1.54) is 6.20 Å². The standard InChI is InChI=1S/C27H25NO4/c1-31-23-12-11-19(15-24(23)32-20-9-5-6-10-20)27(16-18-7-3-2-4-8-18)25(29)21-13-14-28-17-22(21)26(27)30/h2-4,7-8,11-15,17,20H,5-6,9-10,16H2,1H3. The van der Waals surface area contributed by atoms with Gasteiger partial charge in [0.2, 0.25) is 0 Å². The highest BCUT2D eigenvalue weighted by Gasteiger charge is 2.54. The predicted molar refractivity (Wildman–Crippen MR) is 121 cm³/mol. The highest BCUT2D eigenvalue weighted by molar-refractivity contribution is 6.33. The summed E-state index contributed by atoms with van der Waals surface area (Å²) >= 11 is 0. The summed E-state index contributed by atoms with van der Waals surface area (Å²) in [6.45, 7) is 0. The lowest BCUT2D eigenvalue weighted by Gasteiger charge is -2.28. The Bertz CT molecular complexity index is 1130. The van der Waals surface area contributed by atoms with Crippen LogP contribution in [-0.4, -0.2) is 29.8 Å². The Morgan fingerprint density at radius 1 is 0.938 bits per heavy atom. The molecule has 2 aliphatic rings. The molecule has 5 rings (SSSR count). The number of rotatable bonds is 6. The van der Waals surface area contributed by atoms with Crippen LogP contribution in [0.25, 0.3) is 0 Å². The Hall–Kier alpha value is -3.47. The third-order valence-corrected chi connectivity index (χ3v) is 6.65. The molecule has 32 heavy (non-hydrogen) atoms. The first kappa shape index (κ1) is 20.4. The van der Waals surface area contributed by atoms with E-state index in [0.717, 1.165) is 31.2 Å². The van der Waals surface area contributed by atoms with Crippen LogP contribution in [0.2, 0.25) is 0 Å². The second-order valence-electron chi connectivity index (χ2n) is 8.54. The Morgan fingerprint density at radius 3 is 2.41 bits per heavy atom. The van der Waals surface area contributed by atoms with Gasteiger partial charge in [-0.25, -0.2) is 0 Å². The number of nitrogens with zero attached hydrogens (tertiary/aromatic N) is 1. The van der Waals surface area contributed by atoms with E-state index >= 15 is 0 Å². The van der Waals surface area contributed by atoms with Crippen LogP contribution < -0.4 is 9.47 Å². The summed E-state index contributed by atoms with van der Waals surface area (Å²) in [5.74, 6) is 0.777. The monoisotopic (exact) mass is 427 g/mol. The number of carbonyl (C=O) groups is 2. The van der Waals surface area contributed by atoms with Crippen molar-refractivity contribution < 1.29 is 19.1 Å². The maximum absolute atomic E-state index is 13.8. The Balaban J connectivity index is 1.65. The number of ether oxygens (including phenoxy) is 2. The number of aromatic nitrogens is 1. The third-order valence-electron chi connectivity index (χ3n) is 6.65. The summed E-state index contributed by atoms with van der Waals surface area (Å²) in [6.07, 6.45) is 7.74. The van der Waals surface area contributed by atoms with Crippen LogP contribution in [-0.2, 0) is 11.8 Å². The Morgan fingerprint density at radius 2 is 1.69 bits per heavy atom. The first-order chi connectivity index (χ1) is 15.6. The normalized spacial score (nSPS) is 20.4. The third kappa shape index (κ3) is 3.29. The Labute approximate surface area is 187 Å². The molecule has 3 aromatic rings. The van der Waals surface area contributed by atoms with E-state index in [2.05, 4.69) is 4.98 Å². The highest BCUT2D eigenvalue weighted by Crippen LogP contribution is 2.44. The largest absolute Gasteiger partial charge is 0.493 e. The van der Waals surface area contributed by atoms with Crippen molar-refractivity contribution in [2.45, 2.75) is 43.6 Å². The average molecular weight is 428 g/mol. The molecule has 1 atom stereocenters. The van der Waals surface area contributed by atoms with Gasteiger partial charge in [-0.1, -0.05) is 36.4 Å². The number of methoxy groups -OCH3 is 1. The molecule has 0 saturated heterocycles. The van der Waals surface area contributed by atoms with Gasteiger partial charge < -0.3 is 9.47 Å². The fraction of sp³-hybridized carbons (Fsp3) is 0.296. The van der Waals surface area contributed by atoms with Crippen molar-refractivity contribution >= 4 is 11.6 Å². The number of fused-ring (bicyclic) bond motifs is 1. The minimum Gasteiger partial charge on any atom is -0.493 e. The molecule has 1 aromatic heterocycles. The lowest BCUT2D eigenvalue weighted by molar-refractivity contribution is 0.0792. The zero-order valence-electron chi connectivity index (χ0n) is 18.0. The van der Waals surface area contributed by atoms with E-state index < -0.39 is 5.41 Å². The topological polar surface area (TPSA) is 65.5 Å². The summed E-state index contributed by atoms with van der Waals surface area (Å²) in [4.78, 5) is 31.7. The van der Waals surface area contributed by atoms with Gasteiger partial charge >= 0.3 is 0 Å². The quantitative estimate of drug-likeness (QED) is 0.520. The van der Waals surface area contributed by atoms with Gasteiger partial charge in [0.05, 0.1) is 13.2 Å². The molecule has 2 aromatic carbocycles. The van der Waals surface area contributed by atoms with Crippen LogP contribution in [0.1, 0.15) is 57.5 Å². The predicted octanol–water partition coefficient (Wildman–Crippen LogP) is 4.97. The number of hydrogen-bond acceptors (Lipinski definition) is 5. The molecule has 5 nitrogen and oxygen atoms in total. The van der Waals surface area contributed by atoms with E-state index in [0.29, 0.717) is 28.2 Å². The molecule has 0 aliphatic heterocycles. The summed E-state index contributed by atoms with van der Waals surface area (Å²) < 4.78 is 11.8. The number of pyridine rings is 1. The van der Waals surface area contributed by atoms with Crippen LogP contribution in [0, 0.1) is 0 Å². The van der Waals surface area contributed by atoms with Crippen molar-refractivity contribution in [2.24, 2.45) is 0 Å². The molecule has 0 bridgehead atoms. The van der Waals surface area contributed by atoms with Crippen molar-refractivity contribution in [2.75, 3.05) is 7.11 Å². The zero-order valence-corrected chi connectivity index (χ0v) is 18.0. The van der Waals surface area contributed by atoms with Gasteiger partial charge in [0.1, 0.15) is 5.41 Å². The molecule has 0 N–H and O–H groups in total. The van der Waals surface area contributed by atoms with E-state index in [1.807, 2.05) is 42.5 Å². The van der Waals surface area contributed by atoms with Gasteiger partial charge in [-0.05, 0) is 61.4 Å². The molecule has 5 heteroatoms. The van der Waals surface area contributed by atoms with E-state index in [-0.39, 0.29) is 24.1 Å². The zero-order chi connectivity index (χ0) is 22.1. The fourth-order valence-corrected chi connectivity index (χ4v) is 4.98. The molecule has 162 valence electrons. The number of ketones is 2. The average Bonchev–Trinajstić information content (AvgIpc) is 3.42. The molecule has 0 amide bonds. The molecule has 0 radical (unpaired) electrons. The molecule has 1 heterocycles. The molecule has 1 unspecified atom stereocenters. The molecule has 1 fully saturated rings. The minimum absolute atomic E-state index is 0.126. The van der Waals surface area contributed by atoms with Crippen molar-refractivity contribution in [1.29, 1.82) is 0 Å². The lowest BCUT2D eigenvalue weighted by atomic mass is 9.71. The van der Waals surface area contributed by atoms with E-state index in [9.17, 15) is 9.59 Å². The second-order valence-corrected chi connectivity index (χ2v) is 8.54. The van der Waals surface area contributed by atoms with E-state index in [1.54, 1.807) is 25.4 Å². The number of carbonyl (C=O) groups excluding carboxylic acids is 2. The smallest absolute Gasteiger partial charge is 0.183 e. The first-order valence-corrected chi connectivity index (χ1v) is 11.1. The lowest BCUT2D eigenvalue weighted by Crippen LogP contribution is -2.40. The van der Waals surface area contributed by atoms with E-state index in [4.69, 9.17) is 9.47 Å². The molecule has 1 saturated carbocycles. The fourth-order valence-electron chi connectivity index (χ4n) is 4.98.